The molecule has 0 bridgehead atoms. The van der Waals surface area contributed by atoms with Crippen molar-refractivity contribution < 1.29 is 9.84 Å². The van der Waals surface area contributed by atoms with Gasteiger partial charge in [0.15, 0.2) is 0 Å². The van der Waals surface area contributed by atoms with Gasteiger partial charge in [0.05, 0.1) is 12.7 Å². The fourth-order valence-corrected chi connectivity index (χ4v) is 2.76. The number of hydrogen-bond acceptors (Lipinski definition) is 2. The predicted molar refractivity (Wildman–Crippen MR) is 87.4 cm³/mol. The molecule has 1 N–H and O–H groups in total. The summed E-state index contributed by atoms with van der Waals surface area (Å²) in [5.74, 6) is 0.338. The summed E-state index contributed by atoms with van der Waals surface area (Å²) in [4.78, 5) is 0. The number of phenols is 1. The second-order valence-corrected chi connectivity index (χ2v) is 5.55. The maximum absolute atomic E-state index is 9.93. The first kappa shape index (κ1) is 13.9. The molecule has 0 amide bonds. The lowest BCUT2D eigenvalue weighted by molar-refractivity contribution is 0.122. The van der Waals surface area contributed by atoms with Gasteiger partial charge in [0.2, 0.25) is 0 Å². The molecule has 0 spiro atoms. The van der Waals surface area contributed by atoms with Crippen molar-refractivity contribution in [2.24, 2.45) is 0 Å². The molecular formula is C19H20O2. The van der Waals surface area contributed by atoms with E-state index in [1.165, 1.54) is 5.57 Å². The third kappa shape index (κ3) is 3.17. The third-order valence-electron chi connectivity index (χ3n) is 3.92. The van der Waals surface area contributed by atoms with Gasteiger partial charge in [-0.1, -0.05) is 54.1 Å². The van der Waals surface area contributed by atoms with Crippen LogP contribution in [0.1, 0.15) is 25.3 Å². The second-order valence-electron chi connectivity index (χ2n) is 5.55. The first-order valence-corrected chi connectivity index (χ1v) is 7.40. The monoisotopic (exact) mass is 280 g/mol. The summed E-state index contributed by atoms with van der Waals surface area (Å²) in [6.07, 6.45) is 8.74. The zero-order valence-electron chi connectivity index (χ0n) is 12.3. The Balaban J connectivity index is 1.81. The molecule has 2 aromatic rings. The highest BCUT2D eigenvalue weighted by atomic mass is 16.5. The number of fused-ring (bicyclic) bond motifs is 1. The Bertz CT molecular complexity index is 698. The number of hydrogen-bond donors (Lipinski definition) is 1. The van der Waals surface area contributed by atoms with Gasteiger partial charge in [-0.05, 0) is 36.8 Å². The highest BCUT2D eigenvalue weighted by Crippen LogP contribution is 2.29. The third-order valence-corrected chi connectivity index (χ3v) is 3.92. The quantitative estimate of drug-likeness (QED) is 0.824. The minimum absolute atomic E-state index is 0.268. The van der Waals surface area contributed by atoms with E-state index in [1.54, 1.807) is 6.07 Å². The Hall–Kier alpha value is -2.06. The van der Waals surface area contributed by atoms with Gasteiger partial charge in [0.1, 0.15) is 5.75 Å². The molecule has 1 atom stereocenters. The van der Waals surface area contributed by atoms with E-state index in [-0.39, 0.29) is 6.10 Å². The first-order chi connectivity index (χ1) is 10.2. The summed E-state index contributed by atoms with van der Waals surface area (Å²) in [5, 5.41) is 11.9. The van der Waals surface area contributed by atoms with Crippen molar-refractivity contribution in [1.29, 1.82) is 0 Å². The van der Waals surface area contributed by atoms with Crippen LogP contribution in [0, 0.1) is 0 Å². The lowest BCUT2D eigenvalue weighted by atomic mass is 10.00. The molecule has 1 aliphatic heterocycles. The molecule has 0 unspecified atom stereocenters. The average Bonchev–Trinajstić information content (AvgIpc) is 3.02. The summed E-state index contributed by atoms with van der Waals surface area (Å²) >= 11 is 0. The van der Waals surface area contributed by atoms with E-state index in [4.69, 9.17) is 4.74 Å². The molecule has 0 fully saturated rings. The molecular weight excluding hydrogens is 260 g/mol. The number of rotatable bonds is 4. The molecule has 0 aliphatic carbocycles. The van der Waals surface area contributed by atoms with Gasteiger partial charge in [-0.2, -0.15) is 0 Å². The number of allylic oxidation sites excluding steroid dienone is 1. The van der Waals surface area contributed by atoms with Crippen molar-refractivity contribution in [2.75, 3.05) is 6.61 Å². The predicted octanol–water partition coefficient (Wildman–Crippen LogP) is 4.68. The van der Waals surface area contributed by atoms with Crippen LogP contribution in [0.4, 0.5) is 0 Å². The maximum Gasteiger partial charge on any atom is 0.123 e. The molecule has 1 aliphatic rings. The average molecular weight is 280 g/mol. The van der Waals surface area contributed by atoms with E-state index >= 15 is 0 Å². The Morgan fingerprint density at radius 1 is 1.24 bits per heavy atom. The molecule has 2 aromatic carbocycles. The van der Waals surface area contributed by atoms with E-state index in [9.17, 15) is 5.11 Å². The largest absolute Gasteiger partial charge is 0.507 e. The van der Waals surface area contributed by atoms with Gasteiger partial charge in [0.25, 0.3) is 0 Å². The highest BCUT2D eigenvalue weighted by molar-refractivity contribution is 5.94. The summed E-state index contributed by atoms with van der Waals surface area (Å²) in [6, 6.07) is 11.7. The van der Waals surface area contributed by atoms with Crippen LogP contribution < -0.4 is 0 Å². The molecule has 108 valence electrons. The molecule has 0 aromatic heterocycles. The first-order valence-electron chi connectivity index (χ1n) is 7.40. The fourth-order valence-electron chi connectivity index (χ4n) is 2.76. The zero-order valence-corrected chi connectivity index (χ0v) is 12.3. The molecule has 0 radical (unpaired) electrons. The Kier molecular flexibility index (Phi) is 4.07. The standard InChI is InChI=1S/C19H20O2/c1-14(8-10-16-5-4-12-21-16)13-15-9-11-19(20)18-7-3-2-6-17(15)18/h2-7,9,11,13,16,20H,8,10,12H2,1H3/b14-13+/t16-/m0/s1. The number of phenolic OH excluding ortho intramolecular Hbond substituents is 1. The van der Waals surface area contributed by atoms with E-state index in [2.05, 4.69) is 31.2 Å². The van der Waals surface area contributed by atoms with Crippen LogP contribution >= 0.6 is 0 Å². The SMILES string of the molecule is C/C(=C\c1ccc(O)c2ccccc12)CC[C@@H]1C=CCO1. The smallest absolute Gasteiger partial charge is 0.123 e. The highest BCUT2D eigenvalue weighted by Gasteiger charge is 2.09. The van der Waals surface area contributed by atoms with Crippen molar-refractivity contribution in [3.8, 4) is 5.75 Å². The van der Waals surface area contributed by atoms with E-state index in [1.807, 2.05) is 24.3 Å². The Morgan fingerprint density at radius 3 is 2.81 bits per heavy atom. The molecule has 1 heterocycles. The lowest BCUT2D eigenvalue weighted by Crippen LogP contribution is -2.03. The summed E-state index contributed by atoms with van der Waals surface area (Å²) < 4.78 is 5.57. The fraction of sp³-hybridized carbons (Fsp3) is 0.263. The lowest BCUT2D eigenvalue weighted by Gasteiger charge is -2.09. The van der Waals surface area contributed by atoms with Gasteiger partial charge < -0.3 is 9.84 Å². The van der Waals surface area contributed by atoms with Crippen molar-refractivity contribution in [2.45, 2.75) is 25.9 Å². The molecule has 3 rings (SSSR count). The summed E-state index contributed by atoms with van der Waals surface area (Å²) in [7, 11) is 0. The molecule has 2 heteroatoms. The molecule has 0 saturated heterocycles. The van der Waals surface area contributed by atoms with Crippen LogP contribution in [-0.4, -0.2) is 17.8 Å². The number of ether oxygens (including phenoxy) is 1. The van der Waals surface area contributed by atoms with Crippen LogP contribution in [-0.2, 0) is 4.74 Å². The topological polar surface area (TPSA) is 29.5 Å². The molecule has 0 saturated carbocycles. The Labute approximate surface area is 125 Å². The van der Waals surface area contributed by atoms with Crippen LogP contribution in [0.25, 0.3) is 16.8 Å². The number of benzene rings is 2. The van der Waals surface area contributed by atoms with Gasteiger partial charge in [-0.25, -0.2) is 0 Å². The van der Waals surface area contributed by atoms with Crippen LogP contribution in [0.3, 0.4) is 0 Å². The summed E-state index contributed by atoms with van der Waals surface area (Å²) in [5.41, 5.74) is 2.48. The molecule has 2 nitrogen and oxygen atoms in total. The van der Waals surface area contributed by atoms with Crippen molar-refractivity contribution in [1.82, 2.24) is 0 Å². The van der Waals surface area contributed by atoms with Gasteiger partial charge >= 0.3 is 0 Å². The van der Waals surface area contributed by atoms with Gasteiger partial charge in [-0.3, -0.25) is 0 Å². The number of aromatic hydroxyl groups is 1. The zero-order chi connectivity index (χ0) is 14.7. The minimum Gasteiger partial charge on any atom is -0.507 e. The van der Waals surface area contributed by atoms with Crippen LogP contribution in [0.15, 0.2) is 54.1 Å². The van der Waals surface area contributed by atoms with Crippen LogP contribution in [0.5, 0.6) is 5.75 Å². The summed E-state index contributed by atoms with van der Waals surface area (Å²) in [6.45, 7) is 2.90. The maximum atomic E-state index is 9.93. The van der Waals surface area contributed by atoms with Gasteiger partial charge in [-0.15, -0.1) is 0 Å². The van der Waals surface area contributed by atoms with Crippen LogP contribution in [0.2, 0.25) is 0 Å². The van der Waals surface area contributed by atoms with E-state index < -0.39 is 0 Å². The van der Waals surface area contributed by atoms with Crippen molar-refractivity contribution in [3.05, 3.63) is 59.7 Å². The van der Waals surface area contributed by atoms with Gasteiger partial charge in [0, 0.05) is 5.39 Å². The normalized spacial score (nSPS) is 18.5. The van der Waals surface area contributed by atoms with Crippen molar-refractivity contribution in [3.63, 3.8) is 0 Å². The minimum atomic E-state index is 0.268. The Morgan fingerprint density at radius 2 is 2.05 bits per heavy atom. The van der Waals surface area contributed by atoms with E-state index in [0.717, 1.165) is 35.8 Å². The molecule has 21 heavy (non-hydrogen) atoms. The second kappa shape index (κ2) is 6.15. The van der Waals surface area contributed by atoms with E-state index in [0.29, 0.717) is 5.75 Å². The van der Waals surface area contributed by atoms with Crippen molar-refractivity contribution >= 4 is 16.8 Å².